The fourth-order valence-electron chi connectivity index (χ4n) is 1.31. The Balaban J connectivity index is 1.93. The van der Waals surface area contributed by atoms with Crippen molar-refractivity contribution in [2.24, 2.45) is 0 Å². The van der Waals surface area contributed by atoms with Gasteiger partial charge in [0.2, 0.25) is 0 Å². The molecular formula is C10H9Cl2N5O. The fraction of sp³-hybridized carbons (Fsp3) is 0.200. The number of nitrogens with one attached hydrogen (secondary N) is 2. The topological polar surface area (TPSA) is 83.6 Å². The molecule has 2 aromatic heterocycles. The zero-order chi connectivity index (χ0) is 13.0. The number of carbonyl (C=O) groups is 1. The summed E-state index contributed by atoms with van der Waals surface area (Å²) in [7, 11) is 0. The second-order valence-corrected chi connectivity index (χ2v) is 4.20. The van der Waals surface area contributed by atoms with Gasteiger partial charge in [-0.15, -0.1) is 0 Å². The van der Waals surface area contributed by atoms with Gasteiger partial charge in [0.05, 0.1) is 5.02 Å². The number of rotatable bonds is 4. The van der Waals surface area contributed by atoms with E-state index in [4.69, 9.17) is 23.2 Å². The van der Waals surface area contributed by atoms with Crippen LogP contribution in [0.3, 0.4) is 0 Å². The van der Waals surface area contributed by atoms with E-state index in [9.17, 15) is 4.79 Å². The monoisotopic (exact) mass is 285 g/mol. The van der Waals surface area contributed by atoms with Crippen molar-refractivity contribution in [3.8, 4) is 0 Å². The Morgan fingerprint density at radius 1 is 1.39 bits per heavy atom. The molecule has 0 aliphatic carbocycles. The second kappa shape index (κ2) is 5.79. The minimum atomic E-state index is -0.373. The summed E-state index contributed by atoms with van der Waals surface area (Å²) in [6.45, 7) is 0.401. The molecule has 0 unspecified atom stereocenters. The second-order valence-electron chi connectivity index (χ2n) is 3.40. The van der Waals surface area contributed by atoms with E-state index in [1.807, 2.05) is 0 Å². The Morgan fingerprint density at radius 3 is 2.94 bits per heavy atom. The average molecular weight is 286 g/mol. The summed E-state index contributed by atoms with van der Waals surface area (Å²) in [6, 6.07) is 3.05. The van der Waals surface area contributed by atoms with Gasteiger partial charge in [-0.3, -0.25) is 9.89 Å². The van der Waals surface area contributed by atoms with Gasteiger partial charge in [-0.05, 0) is 12.1 Å². The number of halogens is 2. The van der Waals surface area contributed by atoms with E-state index in [1.165, 1.54) is 18.5 Å². The van der Waals surface area contributed by atoms with Crippen molar-refractivity contribution in [2.45, 2.75) is 6.42 Å². The van der Waals surface area contributed by atoms with Crippen LogP contribution in [0.1, 0.15) is 16.3 Å². The summed E-state index contributed by atoms with van der Waals surface area (Å²) < 4.78 is 0. The Labute approximate surface area is 113 Å². The van der Waals surface area contributed by atoms with Crippen LogP contribution in [0.25, 0.3) is 0 Å². The van der Waals surface area contributed by atoms with E-state index < -0.39 is 0 Å². The highest BCUT2D eigenvalue weighted by molar-refractivity contribution is 6.34. The van der Waals surface area contributed by atoms with Gasteiger partial charge in [-0.1, -0.05) is 23.2 Å². The van der Waals surface area contributed by atoms with Crippen LogP contribution in [0.5, 0.6) is 0 Å². The van der Waals surface area contributed by atoms with Gasteiger partial charge in [0, 0.05) is 13.0 Å². The van der Waals surface area contributed by atoms with Crippen molar-refractivity contribution in [1.82, 2.24) is 25.5 Å². The number of pyridine rings is 1. The van der Waals surface area contributed by atoms with Gasteiger partial charge in [-0.2, -0.15) is 5.10 Å². The standard InChI is InChI=1S/C10H9Cl2N5O/c11-6-1-2-7(12)16-9(6)10(18)13-4-3-8-14-5-15-17-8/h1-2,5H,3-4H2,(H,13,18)(H,14,15,17). The van der Waals surface area contributed by atoms with Crippen LogP contribution in [-0.2, 0) is 6.42 Å². The first-order chi connectivity index (χ1) is 8.66. The largest absolute Gasteiger partial charge is 0.350 e. The van der Waals surface area contributed by atoms with E-state index in [1.54, 1.807) is 0 Å². The molecule has 0 radical (unpaired) electrons. The number of aromatic nitrogens is 4. The Bertz CT molecular complexity index is 543. The lowest BCUT2D eigenvalue weighted by molar-refractivity contribution is 0.0949. The number of amides is 1. The number of hydrogen-bond acceptors (Lipinski definition) is 4. The third-order valence-electron chi connectivity index (χ3n) is 2.14. The van der Waals surface area contributed by atoms with Crippen LogP contribution < -0.4 is 5.32 Å². The average Bonchev–Trinajstić information content (AvgIpc) is 2.85. The van der Waals surface area contributed by atoms with Crippen molar-refractivity contribution in [2.75, 3.05) is 6.54 Å². The van der Waals surface area contributed by atoms with E-state index in [0.717, 1.165) is 0 Å². The number of hydrogen-bond donors (Lipinski definition) is 2. The molecule has 2 aromatic rings. The number of carbonyl (C=O) groups excluding carboxylic acids is 1. The maximum absolute atomic E-state index is 11.8. The fourth-order valence-corrected chi connectivity index (χ4v) is 1.65. The summed E-state index contributed by atoms with van der Waals surface area (Å²) in [5.74, 6) is 0.322. The van der Waals surface area contributed by atoms with Gasteiger partial charge in [-0.25, -0.2) is 9.97 Å². The van der Waals surface area contributed by atoms with Gasteiger partial charge in [0.1, 0.15) is 23.0 Å². The van der Waals surface area contributed by atoms with E-state index >= 15 is 0 Å². The molecule has 0 spiro atoms. The molecule has 2 N–H and O–H groups in total. The molecule has 18 heavy (non-hydrogen) atoms. The number of H-pyrrole nitrogens is 1. The molecule has 94 valence electrons. The molecule has 0 fully saturated rings. The van der Waals surface area contributed by atoms with Gasteiger partial charge in [0.15, 0.2) is 0 Å². The quantitative estimate of drug-likeness (QED) is 0.834. The van der Waals surface area contributed by atoms with Crippen molar-refractivity contribution >= 4 is 29.1 Å². The molecule has 0 aromatic carbocycles. The summed E-state index contributed by atoms with van der Waals surface area (Å²) >= 11 is 11.6. The molecule has 0 atom stereocenters. The Morgan fingerprint density at radius 2 is 2.22 bits per heavy atom. The lowest BCUT2D eigenvalue weighted by atomic mass is 10.3. The molecule has 0 saturated carbocycles. The van der Waals surface area contributed by atoms with Crippen LogP contribution in [-0.4, -0.2) is 32.6 Å². The summed E-state index contributed by atoms with van der Waals surface area (Å²) in [4.78, 5) is 19.6. The zero-order valence-corrected chi connectivity index (χ0v) is 10.7. The van der Waals surface area contributed by atoms with Crippen LogP contribution >= 0.6 is 23.2 Å². The van der Waals surface area contributed by atoms with Crippen molar-refractivity contribution in [3.63, 3.8) is 0 Å². The van der Waals surface area contributed by atoms with E-state index in [0.29, 0.717) is 18.8 Å². The highest BCUT2D eigenvalue weighted by Gasteiger charge is 2.12. The van der Waals surface area contributed by atoms with Gasteiger partial charge >= 0.3 is 0 Å². The smallest absolute Gasteiger partial charge is 0.271 e. The molecule has 0 aliphatic rings. The SMILES string of the molecule is O=C(NCCc1ncn[nH]1)c1nc(Cl)ccc1Cl. The molecule has 6 nitrogen and oxygen atoms in total. The molecule has 2 heterocycles. The van der Waals surface area contributed by atoms with Crippen LogP contribution in [0, 0.1) is 0 Å². The number of nitrogens with zero attached hydrogens (tertiary/aromatic N) is 3. The number of aromatic amines is 1. The summed E-state index contributed by atoms with van der Waals surface area (Å²) in [5.41, 5.74) is 0.113. The molecule has 1 amide bonds. The lowest BCUT2D eigenvalue weighted by Gasteiger charge is -2.05. The van der Waals surface area contributed by atoms with Crippen molar-refractivity contribution in [1.29, 1.82) is 0 Å². The summed E-state index contributed by atoms with van der Waals surface area (Å²) in [6.07, 6.45) is 1.95. The van der Waals surface area contributed by atoms with Gasteiger partial charge in [0.25, 0.3) is 5.91 Å². The molecule has 2 rings (SSSR count). The maximum atomic E-state index is 11.8. The van der Waals surface area contributed by atoms with E-state index in [2.05, 4.69) is 25.5 Å². The van der Waals surface area contributed by atoms with Gasteiger partial charge < -0.3 is 5.32 Å². The predicted molar refractivity (Wildman–Crippen MR) is 66.7 cm³/mol. The van der Waals surface area contributed by atoms with Crippen LogP contribution in [0.2, 0.25) is 10.2 Å². The predicted octanol–water partition coefficient (Wildman–Crippen LogP) is 1.48. The highest BCUT2D eigenvalue weighted by atomic mass is 35.5. The first kappa shape index (κ1) is 12.8. The molecule has 0 saturated heterocycles. The molecule has 0 aliphatic heterocycles. The molecule has 0 bridgehead atoms. The minimum Gasteiger partial charge on any atom is -0.350 e. The highest BCUT2D eigenvalue weighted by Crippen LogP contribution is 2.16. The first-order valence-electron chi connectivity index (χ1n) is 5.11. The lowest BCUT2D eigenvalue weighted by Crippen LogP contribution is -2.27. The maximum Gasteiger partial charge on any atom is 0.271 e. The minimum absolute atomic E-state index is 0.113. The van der Waals surface area contributed by atoms with E-state index in [-0.39, 0.29) is 21.8 Å². The van der Waals surface area contributed by atoms with Crippen molar-refractivity contribution < 1.29 is 4.79 Å². The third kappa shape index (κ3) is 3.18. The summed E-state index contributed by atoms with van der Waals surface area (Å²) in [5, 5.41) is 9.56. The first-order valence-corrected chi connectivity index (χ1v) is 5.87. The van der Waals surface area contributed by atoms with Crippen molar-refractivity contribution in [3.05, 3.63) is 40.2 Å². The van der Waals surface area contributed by atoms with Crippen LogP contribution in [0.4, 0.5) is 0 Å². The zero-order valence-electron chi connectivity index (χ0n) is 9.15. The van der Waals surface area contributed by atoms with Crippen LogP contribution in [0.15, 0.2) is 18.5 Å². The normalized spacial score (nSPS) is 10.3. The Kier molecular flexibility index (Phi) is 4.11. The third-order valence-corrected chi connectivity index (χ3v) is 2.65. The molecule has 8 heteroatoms. The Hall–Kier alpha value is -1.66. The molecular weight excluding hydrogens is 277 g/mol.